The van der Waals surface area contributed by atoms with Gasteiger partial charge in [0.25, 0.3) is 0 Å². The molecule has 34 heavy (non-hydrogen) atoms. The lowest BCUT2D eigenvalue weighted by atomic mass is 10.0. The summed E-state index contributed by atoms with van der Waals surface area (Å²) in [5.74, 6) is 0.636. The lowest BCUT2D eigenvalue weighted by molar-refractivity contribution is -0.0439. The van der Waals surface area contributed by atoms with Gasteiger partial charge in [-0.3, -0.25) is 0 Å². The topological polar surface area (TPSA) is 74.6 Å². The van der Waals surface area contributed by atoms with E-state index in [-0.39, 0.29) is 0 Å². The molecule has 2 heterocycles. The van der Waals surface area contributed by atoms with Crippen LogP contribution in [0.1, 0.15) is 13.8 Å². The normalized spacial score (nSPS) is 13.5. The summed E-state index contributed by atoms with van der Waals surface area (Å²) >= 11 is 6.07. The zero-order valence-corrected chi connectivity index (χ0v) is 19.6. The first kappa shape index (κ1) is 21.9. The van der Waals surface area contributed by atoms with Crippen LogP contribution < -0.4 is 19.5 Å². The number of ether oxygens (including phenoxy) is 3. The summed E-state index contributed by atoms with van der Waals surface area (Å²) < 4.78 is 18.3. The van der Waals surface area contributed by atoms with Crippen LogP contribution in [0.25, 0.3) is 22.4 Å². The highest BCUT2D eigenvalue weighted by Crippen LogP contribution is 2.47. The highest BCUT2D eigenvalue weighted by Gasteiger charge is 2.35. The second kappa shape index (κ2) is 8.43. The number of rotatable bonds is 4. The van der Waals surface area contributed by atoms with Crippen LogP contribution in [0.4, 0.5) is 10.5 Å². The third kappa shape index (κ3) is 4.18. The predicted molar refractivity (Wildman–Crippen MR) is 131 cm³/mol. The molecule has 1 aliphatic rings. The number of methoxy groups -OCH3 is 1. The fourth-order valence-electron chi connectivity index (χ4n) is 3.82. The van der Waals surface area contributed by atoms with Crippen molar-refractivity contribution < 1.29 is 19.0 Å². The van der Waals surface area contributed by atoms with E-state index in [1.165, 1.54) is 11.8 Å². The number of amides is 1. The molecule has 5 rings (SSSR count). The van der Waals surface area contributed by atoms with Crippen molar-refractivity contribution in [2.24, 2.45) is 0 Å². The number of benzene rings is 3. The minimum Gasteiger partial charge on any atom is -0.493 e. The van der Waals surface area contributed by atoms with E-state index in [1.54, 1.807) is 44.3 Å². The number of halogens is 1. The van der Waals surface area contributed by atoms with E-state index in [0.29, 0.717) is 33.7 Å². The molecule has 3 aromatic carbocycles. The summed E-state index contributed by atoms with van der Waals surface area (Å²) in [6, 6.07) is 20.1. The van der Waals surface area contributed by atoms with Crippen molar-refractivity contribution in [3.63, 3.8) is 0 Å². The number of nitrogens with one attached hydrogen (secondary N) is 1. The molecule has 0 atom stereocenters. The first-order valence-electron chi connectivity index (χ1n) is 10.7. The smallest absolute Gasteiger partial charge is 0.346 e. The fraction of sp³-hybridized carbons (Fsp3) is 0.154. The van der Waals surface area contributed by atoms with Gasteiger partial charge in [0.2, 0.25) is 11.5 Å². The first-order valence-corrected chi connectivity index (χ1v) is 11.0. The number of aromatic nitrogens is 2. The average Bonchev–Trinajstić information content (AvgIpc) is 3.40. The summed E-state index contributed by atoms with van der Waals surface area (Å²) in [6.07, 6.45) is 1.71. The summed E-state index contributed by atoms with van der Waals surface area (Å²) in [6.45, 7) is 3.61. The van der Waals surface area contributed by atoms with Crippen molar-refractivity contribution in [2.45, 2.75) is 19.6 Å². The van der Waals surface area contributed by atoms with Crippen LogP contribution in [0.15, 0.2) is 72.9 Å². The molecule has 172 valence electrons. The maximum Gasteiger partial charge on any atom is 0.346 e. The van der Waals surface area contributed by atoms with Crippen LogP contribution in [-0.4, -0.2) is 28.7 Å². The molecule has 0 saturated heterocycles. The molecule has 0 unspecified atom stereocenters. The molecule has 0 bridgehead atoms. The zero-order valence-electron chi connectivity index (χ0n) is 18.8. The summed E-state index contributed by atoms with van der Waals surface area (Å²) in [5.41, 5.74) is 3.78. The lowest BCUT2D eigenvalue weighted by Crippen LogP contribution is -2.29. The number of nitrogens with zero attached hydrogens (tertiary/aromatic N) is 2. The Morgan fingerprint density at radius 2 is 1.76 bits per heavy atom. The van der Waals surface area contributed by atoms with Crippen molar-refractivity contribution in [1.29, 1.82) is 0 Å². The van der Waals surface area contributed by atoms with Crippen molar-refractivity contribution in [2.75, 3.05) is 12.4 Å². The first-order chi connectivity index (χ1) is 16.3. The third-order valence-electron chi connectivity index (χ3n) is 5.32. The standard InChI is InChI=1S/C26H22ClN3O4/c1-26(2)33-22-14-19(13-21(32-3)24(22)34-26)28-25(31)30-15-20(16-7-5-4-6-8-16)23(29-30)17-9-11-18(27)12-10-17/h4-15H,1-3H3,(H,28,31). The number of anilines is 1. The van der Waals surface area contributed by atoms with Gasteiger partial charge in [-0.05, 0) is 17.7 Å². The van der Waals surface area contributed by atoms with Crippen LogP contribution in [0.2, 0.25) is 5.02 Å². The molecular formula is C26H22ClN3O4. The van der Waals surface area contributed by atoms with E-state index in [0.717, 1.165) is 16.7 Å². The van der Waals surface area contributed by atoms with Gasteiger partial charge in [-0.25, -0.2) is 4.79 Å². The van der Waals surface area contributed by atoms with E-state index in [2.05, 4.69) is 10.4 Å². The van der Waals surface area contributed by atoms with Gasteiger partial charge in [0.1, 0.15) is 5.69 Å². The number of carbonyl (C=O) groups excluding carboxylic acids is 1. The fourth-order valence-corrected chi connectivity index (χ4v) is 3.94. The van der Waals surface area contributed by atoms with Crippen molar-refractivity contribution >= 4 is 23.3 Å². The molecule has 1 N–H and O–H groups in total. The Kier molecular flexibility index (Phi) is 5.42. The number of hydrogen-bond donors (Lipinski definition) is 1. The molecule has 0 aliphatic carbocycles. The van der Waals surface area contributed by atoms with E-state index < -0.39 is 11.8 Å². The van der Waals surface area contributed by atoms with E-state index in [1.807, 2.05) is 42.5 Å². The van der Waals surface area contributed by atoms with Crippen LogP contribution in [0.3, 0.4) is 0 Å². The highest BCUT2D eigenvalue weighted by atomic mass is 35.5. The molecule has 1 amide bonds. The summed E-state index contributed by atoms with van der Waals surface area (Å²) in [5, 5.41) is 8.09. The Morgan fingerprint density at radius 3 is 2.47 bits per heavy atom. The van der Waals surface area contributed by atoms with Crippen molar-refractivity contribution in [1.82, 2.24) is 9.78 Å². The van der Waals surface area contributed by atoms with Crippen molar-refractivity contribution in [3.05, 3.63) is 77.9 Å². The van der Waals surface area contributed by atoms with Gasteiger partial charge in [-0.15, -0.1) is 0 Å². The Bertz CT molecular complexity index is 1370. The second-order valence-electron chi connectivity index (χ2n) is 8.25. The Morgan fingerprint density at radius 1 is 1.03 bits per heavy atom. The van der Waals surface area contributed by atoms with Crippen LogP contribution in [0, 0.1) is 0 Å². The predicted octanol–water partition coefficient (Wildman–Crippen LogP) is 6.47. The lowest BCUT2D eigenvalue weighted by Gasteiger charge is -2.16. The molecule has 7 nitrogen and oxygen atoms in total. The quantitative estimate of drug-likeness (QED) is 0.366. The molecule has 4 aromatic rings. The largest absolute Gasteiger partial charge is 0.493 e. The Labute approximate surface area is 201 Å². The molecule has 0 radical (unpaired) electrons. The van der Waals surface area contributed by atoms with Gasteiger partial charge in [0.15, 0.2) is 11.5 Å². The van der Waals surface area contributed by atoms with Gasteiger partial charge in [-0.2, -0.15) is 9.78 Å². The van der Waals surface area contributed by atoms with Gasteiger partial charge in [0.05, 0.1) is 12.8 Å². The van der Waals surface area contributed by atoms with E-state index in [9.17, 15) is 4.79 Å². The maximum atomic E-state index is 13.2. The number of fused-ring (bicyclic) bond motifs is 1. The molecule has 0 spiro atoms. The van der Waals surface area contributed by atoms with Gasteiger partial charge >= 0.3 is 6.03 Å². The number of hydrogen-bond acceptors (Lipinski definition) is 5. The van der Waals surface area contributed by atoms with Gasteiger partial charge in [-0.1, -0.05) is 54.1 Å². The minimum absolute atomic E-state index is 0.433. The molecule has 1 aliphatic heterocycles. The summed E-state index contributed by atoms with van der Waals surface area (Å²) in [4.78, 5) is 13.2. The molecule has 0 fully saturated rings. The van der Waals surface area contributed by atoms with Crippen LogP contribution in [-0.2, 0) is 0 Å². The van der Waals surface area contributed by atoms with Gasteiger partial charge < -0.3 is 19.5 Å². The molecule has 1 aromatic heterocycles. The average molecular weight is 476 g/mol. The van der Waals surface area contributed by atoms with Crippen molar-refractivity contribution in [3.8, 4) is 39.6 Å². The second-order valence-corrected chi connectivity index (χ2v) is 8.69. The number of carbonyl (C=O) groups is 1. The SMILES string of the molecule is COc1cc(NC(=O)n2cc(-c3ccccc3)c(-c3ccc(Cl)cc3)n2)cc2c1OC(C)(C)O2. The zero-order chi connectivity index (χ0) is 23.9. The molecule has 0 saturated carbocycles. The van der Waals surface area contributed by atoms with E-state index in [4.69, 9.17) is 25.8 Å². The monoisotopic (exact) mass is 475 g/mol. The Hall–Kier alpha value is -3.97. The third-order valence-corrected chi connectivity index (χ3v) is 5.57. The molecule has 8 heteroatoms. The maximum absolute atomic E-state index is 13.2. The van der Waals surface area contributed by atoms with E-state index >= 15 is 0 Å². The Balaban J connectivity index is 1.50. The van der Waals surface area contributed by atoms with Gasteiger partial charge in [0, 0.05) is 48.3 Å². The highest BCUT2D eigenvalue weighted by molar-refractivity contribution is 6.30. The van der Waals surface area contributed by atoms with Crippen LogP contribution in [0.5, 0.6) is 17.2 Å². The minimum atomic E-state index is -0.821. The summed E-state index contributed by atoms with van der Waals surface area (Å²) in [7, 11) is 1.54. The van der Waals surface area contributed by atoms with Crippen LogP contribution >= 0.6 is 11.6 Å². The molecular weight excluding hydrogens is 454 g/mol.